The highest BCUT2D eigenvalue weighted by Gasteiger charge is 1.75. The monoisotopic (exact) mass is 120 g/mol. The molecule has 0 amide bonds. The fraction of sp³-hybridized carbons (Fsp3) is 1.00. The zero-order valence-corrected chi connectivity index (χ0v) is 5.72. The number of hydrogen-bond donors (Lipinski definition) is 2. The van der Waals surface area contributed by atoms with E-state index < -0.39 is 0 Å². The van der Waals surface area contributed by atoms with E-state index in [2.05, 4.69) is 13.8 Å². The summed E-state index contributed by atoms with van der Waals surface area (Å²) in [6.07, 6.45) is 5.54. The minimum Gasteiger partial charge on any atom is -0.255 e. The second kappa shape index (κ2) is 15.8. The average Bonchev–Trinajstić information content (AvgIpc) is 1.88. The predicted octanol–water partition coefficient (Wildman–Crippen LogP) is 2.60. The van der Waals surface area contributed by atoms with Crippen molar-refractivity contribution in [3.05, 3.63) is 0 Å². The molecule has 0 bridgehead atoms. The van der Waals surface area contributed by atoms with Crippen LogP contribution in [-0.4, -0.2) is 10.5 Å². The second-order valence-corrected chi connectivity index (χ2v) is 1.71. The third kappa shape index (κ3) is 16.8. The molecule has 0 unspecified atom stereocenters. The summed E-state index contributed by atoms with van der Waals surface area (Å²) in [6.45, 7) is 4.46. The van der Waals surface area contributed by atoms with E-state index in [9.17, 15) is 0 Å². The summed E-state index contributed by atoms with van der Waals surface area (Å²) in [4.78, 5) is 0. The lowest BCUT2D eigenvalue weighted by Crippen LogP contribution is -1.66. The largest absolute Gasteiger partial charge is 0.255 e. The third-order valence-corrected chi connectivity index (χ3v) is 0.957. The van der Waals surface area contributed by atoms with Crippen LogP contribution in [0.15, 0.2) is 0 Å². The first-order valence-corrected chi connectivity index (χ1v) is 3.11. The summed E-state index contributed by atoms with van der Waals surface area (Å²) >= 11 is 0. The van der Waals surface area contributed by atoms with Crippen LogP contribution in [0.2, 0.25) is 0 Å². The zero-order chi connectivity index (χ0) is 6.83. The number of hydrogen-bond acceptors (Lipinski definition) is 2. The minimum absolute atomic E-state index is 1.36. The van der Waals surface area contributed by atoms with Gasteiger partial charge in [0.15, 0.2) is 0 Å². The Morgan fingerprint density at radius 3 is 1.25 bits per heavy atom. The minimum atomic E-state index is 1.36. The average molecular weight is 120 g/mol. The maximum Gasteiger partial charge on any atom is -0.0536 e. The lowest BCUT2D eigenvalue weighted by Gasteiger charge is -1.86. The molecule has 2 N–H and O–H groups in total. The van der Waals surface area contributed by atoms with E-state index in [0.717, 1.165) is 0 Å². The van der Waals surface area contributed by atoms with E-state index in [-0.39, 0.29) is 0 Å². The van der Waals surface area contributed by atoms with Crippen LogP contribution >= 0.6 is 0 Å². The summed E-state index contributed by atoms with van der Waals surface area (Å²) in [7, 11) is 0. The van der Waals surface area contributed by atoms with Gasteiger partial charge in [-0.15, -0.1) is 0 Å². The van der Waals surface area contributed by atoms with Crippen LogP contribution in [0.5, 0.6) is 0 Å². The van der Waals surface area contributed by atoms with E-state index in [1.165, 1.54) is 25.7 Å². The van der Waals surface area contributed by atoms with E-state index >= 15 is 0 Å². The van der Waals surface area contributed by atoms with Gasteiger partial charge in [-0.25, -0.2) is 0 Å². The first kappa shape index (κ1) is 10.8. The Morgan fingerprint density at radius 2 is 1.12 bits per heavy atom. The van der Waals surface area contributed by atoms with Gasteiger partial charge in [-0.1, -0.05) is 39.5 Å². The van der Waals surface area contributed by atoms with Crippen LogP contribution in [0.1, 0.15) is 39.5 Å². The molecule has 0 saturated heterocycles. The summed E-state index contributed by atoms with van der Waals surface area (Å²) in [5.41, 5.74) is 0. The van der Waals surface area contributed by atoms with Crippen LogP contribution in [0.4, 0.5) is 0 Å². The van der Waals surface area contributed by atoms with Gasteiger partial charge in [0.25, 0.3) is 0 Å². The Labute approximate surface area is 51.1 Å². The van der Waals surface area contributed by atoms with Crippen molar-refractivity contribution in [1.82, 2.24) is 0 Å². The summed E-state index contributed by atoms with van der Waals surface area (Å²) < 4.78 is 0. The van der Waals surface area contributed by atoms with Crippen molar-refractivity contribution in [3.63, 3.8) is 0 Å². The van der Waals surface area contributed by atoms with Crippen molar-refractivity contribution in [2.75, 3.05) is 0 Å². The first-order valence-electron chi connectivity index (χ1n) is 3.11. The highest BCUT2D eigenvalue weighted by Crippen LogP contribution is 1.95. The molecular formula is C6H16O2. The molecule has 0 atom stereocenters. The van der Waals surface area contributed by atoms with Gasteiger partial charge < -0.3 is 0 Å². The summed E-state index contributed by atoms with van der Waals surface area (Å²) in [6, 6.07) is 0. The van der Waals surface area contributed by atoms with Gasteiger partial charge in [-0.3, -0.25) is 10.5 Å². The van der Waals surface area contributed by atoms with Crippen LogP contribution in [0, 0.1) is 0 Å². The Balaban J connectivity index is 0. The normalized spacial score (nSPS) is 7.50. The fourth-order valence-electron chi connectivity index (χ4n) is 0.500. The Bertz CT molecular complexity index is 18.5. The quantitative estimate of drug-likeness (QED) is 0.341. The summed E-state index contributed by atoms with van der Waals surface area (Å²) in [5, 5.41) is 12.0. The highest BCUT2D eigenvalue weighted by atomic mass is 17.0. The molecule has 2 heteroatoms. The van der Waals surface area contributed by atoms with Crippen LogP contribution < -0.4 is 0 Å². The molecule has 0 saturated carbocycles. The number of rotatable bonds is 3. The van der Waals surface area contributed by atoms with Gasteiger partial charge >= 0.3 is 0 Å². The van der Waals surface area contributed by atoms with Crippen molar-refractivity contribution in [3.8, 4) is 0 Å². The first-order chi connectivity index (χ1) is 3.91. The summed E-state index contributed by atoms with van der Waals surface area (Å²) in [5.74, 6) is 0. The smallest absolute Gasteiger partial charge is 0.0536 e. The van der Waals surface area contributed by atoms with E-state index in [1.807, 2.05) is 0 Å². The lowest BCUT2D eigenvalue weighted by atomic mass is 10.2. The van der Waals surface area contributed by atoms with Gasteiger partial charge in [-0.05, 0) is 0 Å². The topological polar surface area (TPSA) is 40.5 Å². The standard InChI is InChI=1S/C6H14.H2O2/c1-3-5-6-4-2;1-2/h3-6H2,1-2H3;1-2H. The van der Waals surface area contributed by atoms with Gasteiger partial charge in [0.2, 0.25) is 0 Å². The molecule has 0 aliphatic carbocycles. The van der Waals surface area contributed by atoms with Crippen molar-refractivity contribution in [2.24, 2.45) is 0 Å². The Kier molecular flexibility index (Phi) is 21.3. The van der Waals surface area contributed by atoms with Crippen LogP contribution in [-0.2, 0) is 0 Å². The van der Waals surface area contributed by atoms with E-state index in [4.69, 9.17) is 10.5 Å². The second-order valence-electron chi connectivity index (χ2n) is 1.71. The van der Waals surface area contributed by atoms with Crippen molar-refractivity contribution < 1.29 is 10.5 Å². The molecule has 0 aliphatic heterocycles. The van der Waals surface area contributed by atoms with Crippen molar-refractivity contribution in [2.45, 2.75) is 39.5 Å². The molecule has 0 aromatic rings. The SMILES string of the molecule is CCCCCC.OO. The van der Waals surface area contributed by atoms with Crippen molar-refractivity contribution >= 4 is 0 Å². The third-order valence-electron chi connectivity index (χ3n) is 0.957. The van der Waals surface area contributed by atoms with Gasteiger partial charge in [0.05, 0.1) is 0 Å². The van der Waals surface area contributed by atoms with Crippen molar-refractivity contribution in [1.29, 1.82) is 0 Å². The molecular weight excluding hydrogens is 104 g/mol. The molecule has 0 aromatic carbocycles. The molecule has 0 fully saturated rings. The van der Waals surface area contributed by atoms with Gasteiger partial charge in [-0.2, -0.15) is 0 Å². The van der Waals surface area contributed by atoms with Crippen LogP contribution in [0.25, 0.3) is 0 Å². The molecule has 0 rings (SSSR count). The molecule has 0 aliphatic rings. The molecule has 52 valence electrons. The Hall–Kier alpha value is -0.0800. The van der Waals surface area contributed by atoms with Crippen LogP contribution in [0.3, 0.4) is 0 Å². The molecule has 2 nitrogen and oxygen atoms in total. The molecule has 0 aromatic heterocycles. The number of unbranched alkanes of at least 4 members (excludes halogenated alkanes) is 3. The molecule has 8 heavy (non-hydrogen) atoms. The molecule has 0 radical (unpaired) electrons. The zero-order valence-electron chi connectivity index (χ0n) is 5.72. The van der Waals surface area contributed by atoms with E-state index in [0.29, 0.717) is 0 Å². The van der Waals surface area contributed by atoms with E-state index in [1.54, 1.807) is 0 Å². The predicted molar refractivity (Wildman–Crippen MR) is 35.1 cm³/mol. The molecule has 0 spiro atoms. The highest BCUT2D eigenvalue weighted by molar-refractivity contribution is 4.31. The Morgan fingerprint density at radius 1 is 0.875 bits per heavy atom. The fourth-order valence-corrected chi connectivity index (χ4v) is 0.500. The van der Waals surface area contributed by atoms with Gasteiger partial charge in [0.1, 0.15) is 0 Å². The molecule has 0 heterocycles. The maximum absolute atomic E-state index is 6.00. The maximum atomic E-state index is 6.00. The van der Waals surface area contributed by atoms with Gasteiger partial charge in [0, 0.05) is 0 Å². The lowest BCUT2D eigenvalue weighted by molar-refractivity contribution is -0.176.